The number of nitrogens with one attached hydrogen (secondary N) is 1. The first-order chi connectivity index (χ1) is 9.66. The second-order valence-electron chi connectivity index (χ2n) is 6.32. The molecule has 0 aromatic heterocycles. The Bertz CT molecular complexity index is 535. The molecule has 2 N–H and O–H groups in total. The lowest BCUT2D eigenvalue weighted by Crippen LogP contribution is -2.36. The third-order valence-corrected chi connectivity index (χ3v) is 4.30. The molecule has 0 saturated carbocycles. The van der Waals surface area contributed by atoms with E-state index >= 15 is 0 Å². The average Bonchev–Trinajstić information content (AvgIpc) is 2.44. The predicted molar refractivity (Wildman–Crippen MR) is 82.8 cm³/mol. The third kappa shape index (κ3) is 6.03. The van der Waals surface area contributed by atoms with E-state index in [0.717, 1.165) is 0 Å². The molecule has 1 aromatic carbocycles. The number of aliphatic hydroxyl groups is 1. The van der Waals surface area contributed by atoms with E-state index in [1.807, 2.05) is 13.8 Å². The van der Waals surface area contributed by atoms with Crippen LogP contribution in [-0.4, -0.2) is 33.3 Å². The van der Waals surface area contributed by atoms with Gasteiger partial charge in [-0.05, 0) is 30.2 Å². The van der Waals surface area contributed by atoms with Gasteiger partial charge in [-0.1, -0.05) is 27.7 Å². The second-order valence-corrected chi connectivity index (χ2v) is 8.09. The molecule has 21 heavy (non-hydrogen) atoms. The third-order valence-electron chi connectivity index (χ3n) is 2.89. The van der Waals surface area contributed by atoms with Crippen LogP contribution in [0.3, 0.4) is 0 Å². The molecule has 0 unspecified atom stereocenters. The number of ether oxygens (including phenoxy) is 1. The molecule has 0 bridgehead atoms. The van der Waals surface area contributed by atoms with Gasteiger partial charge in [0.1, 0.15) is 5.75 Å². The number of aliphatic hydroxyl groups excluding tert-OH is 1. The maximum atomic E-state index is 12.1. The molecule has 0 atom stereocenters. The Morgan fingerprint density at radius 2 is 1.81 bits per heavy atom. The van der Waals surface area contributed by atoms with Crippen LogP contribution in [0.5, 0.6) is 5.75 Å². The predicted octanol–water partition coefficient (Wildman–Crippen LogP) is 2.02. The Morgan fingerprint density at radius 3 is 2.29 bits per heavy atom. The summed E-state index contributed by atoms with van der Waals surface area (Å²) in [6.07, 6.45) is 0. The number of hydrogen-bond acceptors (Lipinski definition) is 4. The van der Waals surface area contributed by atoms with Crippen LogP contribution in [-0.2, 0) is 10.0 Å². The molecule has 1 rings (SSSR count). The van der Waals surface area contributed by atoms with E-state index in [4.69, 9.17) is 9.84 Å². The van der Waals surface area contributed by atoms with Crippen molar-refractivity contribution < 1.29 is 18.3 Å². The van der Waals surface area contributed by atoms with Crippen molar-refractivity contribution in [2.45, 2.75) is 32.6 Å². The molecule has 1 aromatic rings. The number of sulfonamides is 1. The Hall–Kier alpha value is -1.11. The van der Waals surface area contributed by atoms with E-state index in [1.54, 1.807) is 26.0 Å². The fourth-order valence-corrected chi connectivity index (χ4v) is 2.65. The van der Waals surface area contributed by atoms with Crippen molar-refractivity contribution >= 4 is 10.0 Å². The van der Waals surface area contributed by atoms with Gasteiger partial charge in [0.25, 0.3) is 0 Å². The average molecular weight is 315 g/mol. The van der Waals surface area contributed by atoms with Gasteiger partial charge in [-0.3, -0.25) is 0 Å². The van der Waals surface area contributed by atoms with Gasteiger partial charge in [-0.25, -0.2) is 13.1 Å². The molecule has 0 aliphatic heterocycles. The van der Waals surface area contributed by atoms with E-state index in [2.05, 4.69) is 4.72 Å². The standard InChI is InChI=1S/C15H25NO4S/c1-12(2)9-20-13-5-7-14(8-6-13)21(18,19)16-10-15(3,4)11-17/h5-8,12,16-17H,9-11H2,1-4H3. The van der Waals surface area contributed by atoms with Crippen LogP contribution in [0.1, 0.15) is 27.7 Å². The van der Waals surface area contributed by atoms with Crippen molar-refractivity contribution in [2.24, 2.45) is 11.3 Å². The molecule has 0 fully saturated rings. The van der Waals surface area contributed by atoms with Crippen molar-refractivity contribution in [3.8, 4) is 5.75 Å². The first-order valence-electron chi connectivity index (χ1n) is 7.00. The minimum Gasteiger partial charge on any atom is -0.493 e. The van der Waals surface area contributed by atoms with Crippen LogP contribution in [0.15, 0.2) is 29.2 Å². The smallest absolute Gasteiger partial charge is 0.240 e. The van der Waals surface area contributed by atoms with Gasteiger partial charge in [0.2, 0.25) is 10.0 Å². The topological polar surface area (TPSA) is 75.6 Å². The summed E-state index contributed by atoms with van der Waals surface area (Å²) in [5.74, 6) is 1.06. The highest BCUT2D eigenvalue weighted by atomic mass is 32.2. The minimum atomic E-state index is -3.57. The fourth-order valence-electron chi connectivity index (χ4n) is 1.41. The van der Waals surface area contributed by atoms with E-state index < -0.39 is 15.4 Å². The first kappa shape index (κ1) is 17.9. The highest BCUT2D eigenvalue weighted by molar-refractivity contribution is 7.89. The maximum Gasteiger partial charge on any atom is 0.240 e. The molecule has 120 valence electrons. The van der Waals surface area contributed by atoms with Crippen LogP contribution in [0, 0.1) is 11.3 Å². The summed E-state index contributed by atoms with van der Waals surface area (Å²) in [5, 5.41) is 9.15. The van der Waals surface area contributed by atoms with E-state index in [-0.39, 0.29) is 18.0 Å². The summed E-state index contributed by atoms with van der Waals surface area (Å²) < 4.78 is 32.3. The summed E-state index contributed by atoms with van der Waals surface area (Å²) in [7, 11) is -3.57. The minimum absolute atomic E-state index is 0.0858. The molecule has 0 aliphatic carbocycles. The normalized spacial score (nSPS) is 12.7. The van der Waals surface area contributed by atoms with Crippen molar-refractivity contribution in [3.63, 3.8) is 0 Å². The van der Waals surface area contributed by atoms with Gasteiger partial charge in [-0.2, -0.15) is 0 Å². The van der Waals surface area contributed by atoms with E-state index in [0.29, 0.717) is 18.3 Å². The van der Waals surface area contributed by atoms with Gasteiger partial charge in [0.05, 0.1) is 11.5 Å². The summed E-state index contributed by atoms with van der Waals surface area (Å²) in [6.45, 7) is 8.36. The largest absolute Gasteiger partial charge is 0.493 e. The zero-order valence-corrected chi connectivity index (χ0v) is 13.9. The monoisotopic (exact) mass is 315 g/mol. The lowest BCUT2D eigenvalue weighted by molar-refractivity contribution is 0.163. The van der Waals surface area contributed by atoms with Crippen molar-refractivity contribution in [3.05, 3.63) is 24.3 Å². The van der Waals surface area contributed by atoms with Gasteiger partial charge >= 0.3 is 0 Å². The van der Waals surface area contributed by atoms with Crippen molar-refractivity contribution in [1.82, 2.24) is 4.72 Å². The molecule has 6 heteroatoms. The Labute approximate surface area is 127 Å². The molecule has 5 nitrogen and oxygen atoms in total. The first-order valence-corrected chi connectivity index (χ1v) is 8.48. The Morgan fingerprint density at radius 1 is 1.24 bits per heavy atom. The molecular formula is C15H25NO4S. The highest BCUT2D eigenvalue weighted by Gasteiger charge is 2.21. The zero-order valence-electron chi connectivity index (χ0n) is 13.1. The number of benzene rings is 1. The molecule has 0 saturated heterocycles. The SMILES string of the molecule is CC(C)COc1ccc(S(=O)(=O)NCC(C)(C)CO)cc1. The summed E-state index contributed by atoms with van der Waals surface area (Å²) in [6, 6.07) is 6.33. The number of hydrogen-bond donors (Lipinski definition) is 2. The molecule has 0 spiro atoms. The maximum absolute atomic E-state index is 12.1. The van der Waals surface area contributed by atoms with Crippen LogP contribution in [0.2, 0.25) is 0 Å². The van der Waals surface area contributed by atoms with Crippen molar-refractivity contribution in [2.75, 3.05) is 19.8 Å². The molecule has 0 aliphatic rings. The zero-order chi connectivity index (χ0) is 16.1. The Kier molecular flexibility index (Phi) is 6.19. The van der Waals surface area contributed by atoms with E-state index in [1.165, 1.54) is 12.1 Å². The lowest BCUT2D eigenvalue weighted by atomic mass is 9.96. The number of rotatable bonds is 8. The molecule has 0 radical (unpaired) electrons. The lowest BCUT2D eigenvalue weighted by Gasteiger charge is -2.21. The Balaban J connectivity index is 2.71. The summed E-state index contributed by atoms with van der Waals surface area (Å²) in [5.41, 5.74) is -0.493. The van der Waals surface area contributed by atoms with E-state index in [9.17, 15) is 8.42 Å². The van der Waals surface area contributed by atoms with Crippen LogP contribution in [0.25, 0.3) is 0 Å². The highest BCUT2D eigenvalue weighted by Crippen LogP contribution is 2.18. The molecule has 0 amide bonds. The van der Waals surface area contributed by atoms with Crippen LogP contribution < -0.4 is 9.46 Å². The van der Waals surface area contributed by atoms with Gasteiger partial charge in [0, 0.05) is 18.6 Å². The quantitative estimate of drug-likeness (QED) is 0.769. The molecule has 0 heterocycles. The van der Waals surface area contributed by atoms with Crippen LogP contribution in [0.4, 0.5) is 0 Å². The van der Waals surface area contributed by atoms with Crippen LogP contribution >= 0.6 is 0 Å². The molecular weight excluding hydrogens is 290 g/mol. The summed E-state index contributed by atoms with van der Waals surface area (Å²) in [4.78, 5) is 0.188. The second kappa shape index (κ2) is 7.24. The van der Waals surface area contributed by atoms with Crippen molar-refractivity contribution in [1.29, 1.82) is 0 Å². The van der Waals surface area contributed by atoms with Gasteiger partial charge in [-0.15, -0.1) is 0 Å². The van der Waals surface area contributed by atoms with Gasteiger partial charge in [0.15, 0.2) is 0 Å². The van der Waals surface area contributed by atoms with Gasteiger partial charge < -0.3 is 9.84 Å². The summed E-state index contributed by atoms with van der Waals surface area (Å²) >= 11 is 0. The fraction of sp³-hybridized carbons (Fsp3) is 0.600.